The van der Waals surface area contributed by atoms with Crippen LogP contribution in [0.4, 0.5) is 0 Å². The Morgan fingerprint density at radius 3 is 2.64 bits per heavy atom. The van der Waals surface area contributed by atoms with E-state index in [2.05, 4.69) is 5.16 Å². The lowest BCUT2D eigenvalue weighted by Crippen LogP contribution is -2.31. The summed E-state index contributed by atoms with van der Waals surface area (Å²) < 4.78 is 38.7. The molecule has 1 aliphatic heterocycles. The molecule has 0 N–H and O–H groups in total. The molecule has 1 saturated heterocycles. The van der Waals surface area contributed by atoms with E-state index in [0.717, 1.165) is 29.9 Å². The van der Waals surface area contributed by atoms with Crippen molar-refractivity contribution < 1.29 is 17.7 Å². The third kappa shape index (κ3) is 3.30. The first kappa shape index (κ1) is 17.9. The average molecular weight is 364 g/mol. The minimum absolute atomic E-state index is 0.210. The van der Waals surface area contributed by atoms with E-state index in [0.29, 0.717) is 25.3 Å². The van der Waals surface area contributed by atoms with Gasteiger partial charge >= 0.3 is 0 Å². The van der Waals surface area contributed by atoms with E-state index in [-0.39, 0.29) is 10.9 Å². The van der Waals surface area contributed by atoms with E-state index in [4.69, 9.17) is 9.26 Å². The van der Waals surface area contributed by atoms with Gasteiger partial charge in [0.1, 0.15) is 11.5 Å². The second kappa shape index (κ2) is 7.17. The third-order valence-corrected chi connectivity index (χ3v) is 6.50. The molecule has 136 valence electrons. The normalized spacial score (nSPS) is 18.6. The molecule has 1 unspecified atom stereocenters. The van der Waals surface area contributed by atoms with Crippen LogP contribution >= 0.6 is 0 Å². The van der Waals surface area contributed by atoms with Crippen molar-refractivity contribution in [1.82, 2.24) is 9.46 Å². The lowest BCUT2D eigenvalue weighted by atomic mass is 10.0. The van der Waals surface area contributed by atoms with Crippen LogP contribution in [0, 0.1) is 6.92 Å². The lowest BCUT2D eigenvalue weighted by molar-refractivity contribution is 0.340. The fourth-order valence-corrected chi connectivity index (χ4v) is 5.10. The summed E-state index contributed by atoms with van der Waals surface area (Å²) in [4.78, 5) is 0.287. The van der Waals surface area contributed by atoms with Crippen LogP contribution in [0.25, 0.3) is 0 Å². The first-order chi connectivity index (χ1) is 12.0. The van der Waals surface area contributed by atoms with Gasteiger partial charge in [0.15, 0.2) is 0 Å². The van der Waals surface area contributed by atoms with Gasteiger partial charge in [0.2, 0.25) is 10.0 Å². The van der Waals surface area contributed by atoms with Gasteiger partial charge < -0.3 is 9.26 Å². The Labute approximate surface area is 148 Å². The molecule has 0 amide bonds. The van der Waals surface area contributed by atoms with Crippen molar-refractivity contribution in [1.29, 1.82) is 0 Å². The Hall–Kier alpha value is -1.86. The van der Waals surface area contributed by atoms with Crippen molar-refractivity contribution in [2.24, 2.45) is 0 Å². The zero-order chi connectivity index (χ0) is 18.0. The predicted octanol–water partition coefficient (Wildman–Crippen LogP) is 3.47. The van der Waals surface area contributed by atoms with Crippen molar-refractivity contribution in [2.45, 2.75) is 51.0 Å². The van der Waals surface area contributed by atoms with E-state index in [1.54, 1.807) is 28.6 Å². The van der Waals surface area contributed by atoms with Gasteiger partial charge in [-0.3, -0.25) is 0 Å². The highest BCUT2D eigenvalue weighted by Gasteiger charge is 2.39. The maximum atomic E-state index is 13.2. The smallest absolute Gasteiger partial charge is 0.243 e. The molecule has 0 radical (unpaired) electrons. The summed E-state index contributed by atoms with van der Waals surface area (Å²) in [6.45, 7) is 6.81. The Balaban J connectivity index is 1.94. The Morgan fingerprint density at radius 1 is 1.28 bits per heavy atom. The standard InChI is InChI=1S/C18H24N2O4S/c1-4-17-18(13(3)19-24-17)16-7-6-12-20(16)25(21,22)15-10-8-14(9-11-15)23-5-2/h8-11,16H,4-7,12H2,1-3H3. The van der Waals surface area contributed by atoms with Crippen molar-refractivity contribution >= 4 is 10.0 Å². The maximum absolute atomic E-state index is 13.2. The van der Waals surface area contributed by atoms with E-state index in [1.165, 1.54) is 0 Å². The number of hydrogen-bond donors (Lipinski definition) is 0. The largest absolute Gasteiger partial charge is 0.494 e. The van der Waals surface area contributed by atoms with Crippen LogP contribution in [-0.2, 0) is 16.4 Å². The molecule has 1 aromatic heterocycles. The highest BCUT2D eigenvalue weighted by molar-refractivity contribution is 7.89. The first-order valence-corrected chi connectivity index (χ1v) is 10.1. The van der Waals surface area contributed by atoms with E-state index in [1.807, 2.05) is 20.8 Å². The number of rotatable bonds is 6. The molecule has 6 nitrogen and oxygen atoms in total. The van der Waals surface area contributed by atoms with Crippen molar-refractivity contribution in [3.63, 3.8) is 0 Å². The van der Waals surface area contributed by atoms with Crippen LogP contribution in [0.1, 0.15) is 49.7 Å². The van der Waals surface area contributed by atoms with Gasteiger partial charge in [-0.05, 0) is 51.0 Å². The molecule has 25 heavy (non-hydrogen) atoms. The van der Waals surface area contributed by atoms with E-state index in [9.17, 15) is 8.42 Å². The van der Waals surface area contributed by atoms with Gasteiger partial charge in [-0.15, -0.1) is 0 Å². The molecule has 0 aliphatic carbocycles. The quantitative estimate of drug-likeness (QED) is 0.785. The van der Waals surface area contributed by atoms with Gasteiger partial charge in [-0.1, -0.05) is 12.1 Å². The molecule has 2 heterocycles. The molecule has 3 rings (SSSR count). The predicted molar refractivity (Wildman–Crippen MR) is 94.1 cm³/mol. The van der Waals surface area contributed by atoms with Gasteiger partial charge in [0.05, 0.1) is 23.2 Å². The summed E-state index contributed by atoms with van der Waals surface area (Å²) in [5, 5.41) is 4.04. The van der Waals surface area contributed by atoms with Crippen LogP contribution in [0.15, 0.2) is 33.7 Å². The molecule has 1 fully saturated rings. The molecule has 7 heteroatoms. The fraction of sp³-hybridized carbons (Fsp3) is 0.500. The van der Waals surface area contributed by atoms with Gasteiger partial charge in [0.25, 0.3) is 0 Å². The van der Waals surface area contributed by atoms with Crippen molar-refractivity contribution in [3.8, 4) is 5.75 Å². The highest BCUT2D eigenvalue weighted by atomic mass is 32.2. The minimum Gasteiger partial charge on any atom is -0.494 e. The van der Waals surface area contributed by atoms with Crippen molar-refractivity contribution in [2.75, 3.05) is 13.2 Å². The monoisotopic (exact) mass is 364 g/mol. The van der Waals surface area contributed by atoms with Gasteiger partial charge in [-0.2, -0.15) is 4.31 Å². The molecule has 0 bridgehead atoms. The number of ether oxygens (including phenoxy) is 1. The van der Waals surface area contributed by atoms with Crippen LogP contribution in [-0.4, -0.2) is 31.0 Å². The number of sulfonamides is 1. The maximum Gasteiger partial charge on any atom is 0.243 e. The van der Waals surface area contributed by atoms with E-state index >= 15 is 0 Å². The minimum atomic E-state index is -3.58. The second-order valence-electron chi connectivity index (χ2n) is 6.14. The molecule has 1 aromatic carbocycles. The SMILES string of the molecule is CCOc1ccc(S(=O)(=O)N2CCCC2c2c(C)noc2CC)cc1. The Morgan fingerprint density at radius 2 is 2.00 bits per heavy atom. The molecule has 0 spiro atoms. The highest BCUT2D eigenvalue weighted by Crippen LogP contribution is 2.39. The number of hydrogen-bond acceptors (Lipinski definition) is 5. The lowest BCUT2D eigenvalue weighted by Gasteiger charge is -2.24. The number of benzene rings is 1. The molecular weight excluding hydrogens is 340 g/mol. The van der Waals surface area contributed by atoms with Gasteiger partial charge in [0, 0.05) is 18.5 Å². The Kier molecular flexibility index (Phi) is 5.15. The summed E-state index contributed by atoms with van der Waals surface area (Å²) >= 11 is 0. The topological polar surface area (TPSA) is 72.6 Å². The molecule has 0 saturated carbocycles. The number of aromatic nitrogens is 1. The molecule has 2 aromatic rings. The molecule has 1 aliphatic rings. The average Bonchev–Trinajstić information content (AvgIpc) is 3.22. The number of nitrogens with zero attached hydrogens (tertiary/aromatic N) is 2. The van der Waals surface area contributed by atoms with Crippen LogP contribution < -0.4 is 4.74 Å². The molecular formula is C18H24N2O4S. The zero-order valence-electron chi connectivity index (χ0n) is 14.9. The number of aryl methyl sites for hydroxylation is 2. The van der Waals surface area contributed by atoms with Crippen LogP contribution in [0.3, 0.4) is 0 Å². The van der Waals surface area contributed by atoms with Crippen LogP contribution in [0.5, 0.6) is 5.75 Å². The molecule has 1 atom stereocenters. The second-order valence-corrected chi connectivity index (χ2v) is 8.03. The van der Waals surface area contributed by atoms with Gasteiger partial charge in [-0.25, -0.2) is 8.42 Å². The summed E-state index contributed by atoms with van der Waals surface area (Å²) in [7, 11) is -3.58. The van der Waals surface area contributed by atoms with E-state index < -0.39 is 10.0 Å². The summed E-state index contributed by atoms with van der Waals surface area (Å²) in [6, 6.07) is 6.40. The third-order valence-electron chi connectivity index (χ3n) is 4.58. The van der Waals surface area contributed by atoms with Crippen LogP contribution in [0.2, 0.25) is 0 Å². The fourth-order valence-electron chi connectivity index (χ4n) is 3.43. The van der Waals surface area contributed by atoms with Crippen molar-refractivity contribution in [3.05, 3.63) is 41.3 Å². The Bertz CT molecular complexity index is 827. The summed E-state index contributed by atoms with van der Waals surface area (Å²) in [5.41, 5.74) is 1.70. The summed E-state index contributed by atoms with van der Waals surface area (Å²) in [6.07, 6.45) is 2.31. The first-order valence-electron chi connectivity index (χ1n) is 8.68. The summed E-state index contributed by atoms with van der Waals surface area (Å²) in [5.74, 6) is 1.44. The zero-order valence-corrected chi connectivity index (χ0v) is 15.7.